The lowest BCUT2D eigenvalue weighted by Gasteiger charge is -2.44. The van der Waals surface area contributed by atoms with Crippen molar-refractivity contribution in [2.75, 3.05) is 20.3 Å². The van der Waals surface area contributed by atoms with E-state index in [0.717, 1.165) is 18.9 Å². The SMILES string of the molecule is CCC1(C)CC(NCC2CC2)(C(=O)OC)CCO1. The Morgan fingerprint density at radius 3 is 2.78 bits per heavy atom. The Morgan fingerprint density at radius 1 is 1.50 bits per heavy atom. The molecule has 0 amide bonds. The van der Waals surface area contributed by atoms with E-state index in [1.54, 1.807) is 0 Å². The van der Waals surface area contributed by atoms with Crippen LogP contribution >= 0.6 is 0 Å². The normalized spacial score (nSPS) is 36.4. The highest BCUT2D eigenvalue weighted by Gasteiger charge is 2.48. The Bertz CT molecular complexity index is 316. The molecular formula is C14H25NO3. The van der Waals surface area contributed by atoms with Crippen LogP contribution in [0.3, 0.4) is 0 Å². The fourth-order valence-electron chi connectivity index (χ4n) is 2.73. The molecule has 1 aliphatic heterocycles. The summed E-state index contributed by atoms with van der Waals surface area (Å²) >= 11 is 0. The van der Waals surface area contributed by atoms with Gasteiger partial charge in [0, 0.05) is 13.0 Å². The summed E-state index contributed by atoms with van der Waals surface area (Å²) in [6, 6.07) is 0. The van der Waals surface area contributed by atoms with Crippen molar-refractivity contribution < 1.29 is 14.3 Å². The second kappa shape index (κ2) is 5.17. The van der Waals surface area contributed by atoms with E-state index in [-0.39, 0.29) is 11.6 Å². The van der Waals surface area contributed by atoms with E-state index in [1.165, 1.54) is 20.0 Å². The van der Waals surface area contributed by atoms with E-state index < -0.39 is 5.54 Å². The van der Waals surface area contributed by atoms with Crippen LogP contribution in [0, 0.1) is 5.92 Å². The number of carbonyl (C=O) groups excluding carboxylic acids is 1. The minimum absolute atomic E-state index is 0.133. The molecule has 1 heterocycles. The van der Waals surface area contributed by atoms with Gasteiger partial charge in [-0.25, -0.2) is 0 Å². The summed E-state index contributed by atoms with van der Waals surface area (Å²) in [4.78, 5) is 12.2. The number of nitrogens with one attached hydrogen (secondary N) is 1. The number of hydrogen-bond donors (Lipinski definition) is 1. The molecule has 104 valence electrons. The van der Waals surface area contributed by atoms with Crippen molar-refractivity contribution >= 4 is 5.97 Å². The first-order chi connectivity index (χ1) is 8.53. The number of hydrogen-bond acceptors (Lipinski definition) is 4. The van der Waals surface area contributed by atoms with Gasteiger partial charge < -0.3 is 14.8 Å². The summed E-state index contributed by atoms with van der Waals surface area (Å²) in [5.74, 6) is 0.619. The topological polar surface area (TPSA) is 47.6 Å². The fourth-order valence-corrected chi connectivity index (χ4v) is 2.73. The van der Waals surface area contributed by atoms with Crippen molar-refractivity contribution in [3.8, 4) is 0 Å². The molecule has 2 rings (SSSR count). The van der Waals surface area contributed by atoms with Crippen molar-refractivity contribution in [3.63, 3.8) is 0 Å². The highest BCUT2D eigenvalue weighted by atomic mass is 16.5. The molecule has 0 spiro atoms. The molecule has 1 saturated carbocycles. The van der Waals surface area contributed by atoms with E-state index >= 15 is 0 Å². The summed E-state index contributed by atoms with van der Waals surface area (Å²) in [6.45, 7) is 5.74. The Labute approximate surface area is 109 Å². The molecular weight excluding hydrogens is 230 g/mol. The van der Waals surface area contributed by atoms with Gasteiger partial charge in [0.25, 0.3) is 0 Å². The number of rotatable bonds is 5. The van der Waals surface area contributed by atoms with Crippen LogP contribution in [0.25, 0.3) is 0 Å². The zero-order valence-electron chi connectivity index (χ0n) is 11.8. The van der Waals surface area contributed by atoms with Crippen molar-refractivity contribution in [2.24, 2.45) is 5.92 Å². The van der Waals surface area contributed by atoms with Crippen molar-refractivity contribution in [2.45, 2.75) is 57.1 Å². The minimum Gasteiger partial charge on any atom is -0.468 e. The van der Waals surface area contributed by atoms with Gasteiger partial charge in [0.15, 0.2) is 0 Å². The molecule has 2 fully saturated rings. The standard InChI is InChI=1S/C14H25NO3/c1-4-13(2)10-14(7-8-18-13,12(16)17-3)15-9-11-5-6-11/h11,15H,4-10H2,1-3H3. The van der Waals surface area contributed by atoms with Crippen LogP contribution in [0.15, 0.2) is 0 Å². The highest BCUT2D eigenvalue weighted by molar-refractivity contribution is 5.81. The molecule has 4 nitrogen and oxygen atoms in total. The molecule has 0 aromatic rings. The molecule has 2 unspecified atom stereocenters. The molecule has 2 atom stereocenters. The molecule has 0 aromatic heterocycles. The van der Waals surface area contributed by atoms with E-state index in [9.17, 15) is 4.79 Å². The van der Waals surface area contributed by atoms with Crippen LogP contribution in [0.2, 0.25) is 0 Å². The molecule has 1 N–H and O–H groups in total. The molecule has 18 heavy (non-hydrogen) atoms. The van der Waals surface area contributed by atoms with Gasteiger partial charge in [0.1, 0.15) is 5.54 Å². The van der Waals surface area contributed by atoms with Crippen molar-refractivity contribution in [3.05, 3.63) is 0 Å². The highest BCUT2D eigenvalue weighted by Crippen LogP contribution is 2.36. The number of esters is 1. The second-order valence-electron chi connectivity index (χ2n) is 5.98. The van der Waals surface area contributed by atoms with E-state index in [0.29, 0.717) is 19.4 Å². The predicted molar refractivity (Wildman–Crippen MR) is 69.4 cm³/mol. The predicted octanol–water partition coefficient (Wildman–Crippen LogP) is 1.88. The minimum atomic E-state index is -0.541. The zero-order chi connectivity index (χ0) is 13.2. The van der Waals surface area contributed by atoms with Crippen LogP contribution in [0.5, 0.6) is 0 Å². The van der Waals surface area contributed by atoms with Gasteiger partial charge in [-0.15, -0.1) is 0 Å². The first-order valence-corrected chi connectivity index (χ1v) is 7.01. The summed E-state index contributed by atoms with van der Waals surface area (Å²) in [5.41, 5.74) is -0.761. The Morgan fingerprint density at radius 2 is 2.22 bits per heavy atom. The first-order valence-electron chi connectivity index (χ1n) is 7.01. The van der Waals surface area contributed by atoms with Gasteiger partial charge in [-0.05, 0) is 45.1 Å². The zero-order valence-corrected chi connectivity index (χ0v) is 11.8. The van der Waals surface area contributed by atoms with Gasteiger partial charge in [0.05, 0.1) is 12.7 Å². The van der Waals surface area contributed by atoms with Crippen LogP contribution in [-0.2, 0) is 14.3 Å². The van der Waals surface area contributed by atoms with Gasteiger partial charge in [-0.2, -0.15) is 0 Å². The first kappa shape index (κ1) is 13.8. The molecule has 0 radical (unpaired) electrons. The lowest BCUT2D eigenvalue weighted by molar-refractivity contribution is -0.163. The third-order valence-electron chi connectivity index (χ3n) is 4.41. The number of carbonyl (C=O) groups is 1. The third-order valence-corrected chi connectivity index (χ3v) is 4.41. The van der Waals surface area contributed by atoms with Gasteiger partial charge in [-0.1, -0.05) is 6.92 Å². The molecule has 4 heteroatoms. The maximum Gasteiger partial charge on any atom is 0.326 e. The van der Waals surface area contributed by atoms with Crippen molar-refractivity contribution in [1.29, 1.82) is 0 Å². The molecule has 0 aromatic carbocycles. The smallest absolute Gasteiger partial charge is 0.326 e. The van der Waals surface area contributed by atoms with Gasteiger partial charge >= 0.3 is 5.97 Å². The summed E-state index contributed by atoms with van der Waals surface area (Å²) in [5, 5.41) is 3.48. The number of methoxy groups -OCH3 is 1. The van der Waals surface area contributed by atoms with E-state index in [2.05, 4.69) is 19.2 Å². The summed E-state index contributed by atoms with van der Waals surface area (Å²) in [7, 11) is 1.47. The van der Waals surface area contributed by atoms with E-state index in [1.807, 2.05) is 0 Å². The van der Waals surface area contributed by atoms with Crippen LogP contribution in [-0.4, -0.2) is 37.4 Å². The fraction of sp³-hybridized carbons (Fsp3) is 0.929. The lowest BCUT2D eigenvalue weighted by atomic mass is 9.79. The molecule has 2 aliphatic rings. The average molecular weight is 255 g/mol. The Kier molecular flexibility index (Phi) is 3.97. The Balaban J connectivity index is 2.09. The molecule has 1 aliphatic carbocycles. The third kappa shape index (κ3) is 2.86. The van der Waals surface area contributed by atoms with Crippen LogP contribution in [0.4, 0.5) is 0 Å². The monoisotopic (exact) mass is 255 g/mol. The van der Waals surface area contributed by atoms with Crippen molar-refractivity contribution in [1.82, 2.24) is 5.32 Å². The largest absolute Gasteiger partial charge is 0.468 e. The summed E-state index contributed by atoms with van der Waals surface area (Å²) in [6.07, 6.45) is 4.90. The maximum atomic E-state index is 12.2. The average Bonchev–Trinajstić information content (AvgIpc) is 3.19. The summed E-state index contributed by atoms with van der Waals surface area (Å²) < 4.78 is 10.9. The lowest BCUT2D eigenvalue weighted by Crippen LogP contribution is -2.61. The maximum absolute atomic E-state index is 12.2. The van der Waals surface area contributed by atoms with E-state index in [4.69, 9.17) is 9.47 Å². The molecule has 1 saturated heterocycles. The van der Waals surface area contributed by atoms with Crippen LogP contribution in [0.1, 0.15) is 46.0 Å². The second-order valence-corrected chi connectivity index (χ2v) is 5.98. The quantitative estimate of drug-likeness (QED) is 0.762. The van der Waals surface area contributed by atoms with Crippen LogP contribution < -0.4 is 5.32 Å². The Hall–Kier alpha value is -0.610. The molecule has 0 bridgehead atoms. The van der Waals surface area contributed by atoms with Gasteiger partial charge in [-0.3, -0.25) is 4.79 Å². The number of ether oxygens (including phenoxy) is 2. The van der Waals surface area contributed by atoms with Gasteiger partial charge in [0.2, 0.25) is 0 Å².